The van der Waals surface area contributed by atoms with Crippen molar-refractivity contribution in [1.29, 1.82) is 0 Å². The number of rotatable bonds is 2. The number of aromatic nitrogens is 2. The largest absolute Gasteiger partial charge is 0.357 e. The number of anilines is 1. The van der Waals surface area contributed by atoms with Gasteiger partial charge in [-0.3, -0.25) is 5.10 Å². The second-order valence-electron chi connectivity index (χ2n) is 3.40. The van der Waals surface area contributed by atoms with Gasteiger partial charge in [0, 0.05) is 6.04 Å². The lowest BCUT2D eigenvalue weighted by molar-refractivity contribution is 0.462. The van der Waals surface area contributed by atoms with E-state index < -0.39 is 0 Å². The van der Waals surface area contributed by atoms with Crippen LogP contribution in [0.5, 0.6) is 0 Å². The normalized spacial score (nSPS) is 18.8. The molecule has 2 rings (SSSR count). The number of aromatic amines is 1. The summed E-state index contributed by atoms with van der Waals surface area (Å²) in [7, 11) is 0. The molecule has 1 aliphatic carbocycles. The molecule has 0 atom stereocenters. The number of H-pyrrole nitrogens is 1. The van der Waals surface area contributed by atoms with Gasteiger partial charge in [0.25, 0.3) is 0 Å². The van der Waals surface area contributed by atoms with Gasteiger partial charge >= 0.3 is 0 Å². The van der Waals surface area contributed by atoms with Crippen molar-refractivity contribution in [1.82, 2.24) is 10.2 Å². The first kappa shape index (κ1) is 9.15. The average molecular weight is 215 g/mol. The van der Waals surface area contributed by atoms with E-state index in [1.807, 2.05) is 0 Å². The van der Waals surface area contributed by atoms with E-state index in [4.69, 9.17) is 12.2 Å². The summed E-state index contributed by atoms with van der Waals surface area (Å²) in [5.41, 5.74) is 0. The van der Waals surface area contributed by atoms with E-state index in [2.05, 4.69) is 15.5 Å². The number of nitrogens with one attached hydrogen (secondary N) is 2. The molecular weight excluding hydrogens is 202 g/mol. The van der Waals surface area contributed by atoms with Crippen LogP contribution in [0.1, 0.15) is 32.1 Å². The summed E-state index contributed by atoms with van der Waals surface area (Å²) in [6.07, 6.45) is 6.61. The first-order valence-electron chi connectivity index (χ1n) is 4.66. The maximum Gasteiger partial charge on any atom is 0.204 e. The van der Waals surface area contributed by atoms with Gasteiger partial charge in [-0.25, -0.2) is 0 Å². The van der Waals surface area contributed by atoms with Crippen LogP contribution in [0.25, 0.3) is 0 Å². The number of nitrogens with zero attached hydrogens (tertiary/aromatic N) is 1. The molecule has 5 heteroatoms. The summed E-state index contributed by atoms with van der Waals surface area (Å²) in [6.45, 7) is 0. The van der Waals surface area contributed by atoms with E-state index in [0.29, 0.717) is 6.04 Å². The van der Waals surface area contributed by atoms with Crippen LogP contribution in [0.4, 0.5) is 5.13 Å². The predicted octanol–water partition coefficient (Wildman–Crippen LogP) is 2.95. The molecule has 72 valence electrons. The van der Waals surface area contributed by atoms with Crippen LogP contribution in [-0.4, -0.2) is 16.2 Å². The van der Waals surface area contributed by atoms with Crippen LogP contribution in [0, 0.1) is 3.95 Å². The monoisotopic (exact) mass is 215 g/mol. The summed E-state index contributed by atoms with van der Waals surface area (Å²) in [6, 6.07) is 0.614. The molecule has 1 saturated carbocycles. The molecule has 13 heavy (non-hydrogen) atoms. The van der Waals surface area contributed by atoms with Gasteiger partial charge in [0.05, 0.1) is 0 Å². The molecule has 1 aromatic heterocycles. The minimum atomic E-state index is 0.614. The predicted molar refractivity (Wildman–Crippen MR) is 57.8 cm³/mol. The highest BCUT2D eigenvalue weighted by molar-refractivity contribution is 7.73. The Hall–Kier alpha value is -0.420. The molecule has 1 heterocycles. The van der Waals surface area contributed by atoms with Crippen LogP contribution in [-0.2, 0) is 0 Å². The molecule has 1 fully saturated rings. The van der Waals surface area contributed by atoms with Crippen molar-refractivity contribution >= 4 is 28.7 Å². The zero-order valence-corrected chi connectivity index (χ0v) is 9.01. The van der Waals surface area contributed by atoms with Crippen LogP contribution < -0.4 is 5.32 Å². The van der Waals surface area contributed by atoms with Crippen molar-refractivity contribution in [3.8, 4) is 0 Å². The Morgan fingerprint density at radius 1 is 1.38 bits per heavy atom. The van der Waals surface area contributed by atoms with E-state index in [1.54, 1.807) is 0 Å². The van der Waals surface area contributed by atoms with Gasteiger partial charge in [0.1, 0.15) is 0 Å². The summed E-state index contributed by atoms with van der Waals surface area (Å²) < 4.78 is 0.748. The zero-order valence-electron chi connectivity index (χ0n) is 7.38. The quantitative estimate of drug-likeness (QED) is 0.745. The van der Waals surface area contributed by atoms with E-state index >= 15 is 0 Å². The number of hydrogen-bond acceptors (Lipinski definition) is 4. The van der Waals surface area contributed by atoms with Crippen molar-refractivity contribution in [3.63, 3.8) is 0 Å². The second-order valence-corrected chi connectivity index (χ2v) is 5.06. The Morgan fingerprint density at radius 3 is 2.77 bits per heavy atom. The van der Waals surface area contributed by atoms with Gasteiger partial charge in [0.2, 0.25) is 5.13 Å². The molecule has 0 radical (unpaired) electrons. The molecule has 1 aromatic rings. The fourth-order valence-corrected chi connectivity index (χ4v) is 2.58. The van der Waals surface area contributed by atoms with E-state index in [1.165, 1.54) is 43.4 Å². The summed E-state index contributed by atoms with van der Waals surface area (Å²) in [5, 5.41) is 11.2. The molecule has 2 N–H and O–H groups in total. The Bertz CT molecular complexity index is 311. The van der Waals surface area contributed by atoms with Crippen molar-refractivity contribution < 1.29 is 0 Å². The molecule has 0 amide bonds. The molecule has 0 spiro atoms. The van der Waals surface area contributed by atoms with Crippen LogP contribution in [0.15, 0.2) is 0 Å². The SMILES string of the molecule is S=c1[nH]nc(NC2CCCCC2)s1. The Kier molecular flexibility index (Phi) is 2.95. The zero-order chi connectivity index (χ0) is 9.10. The molecule has 0 saturated heterocycles. The van der Waals surface area contributed by atoms with Gasteiger partial charge in [-0.15, -0.1) is 5.10 Å². The minimum Gasteiger partial charge on any atom is -0.357 e. The highest BCUT2D eigenvalue weighted by atomic mass is 32.1. The van der Waals surface area contributed by atoms with Gasteiger partial charge in [-0.05, 0) is 25.1 Å². The summed E-state index contributed by atoms with van der Waals surface area (Å²) >= 11 is 6.48. The first-order valence-corrected chi connectivity index (χ1v) is 5.89. The molecule has 0 aromatic carbocycles. The molecule has 0 unspecified atom stereocenters. The molecule has 1 aliphatic rings. The molecular formula is C8H13N3S2. The van der Waals surface area contributed by atoms with Gasteiger partial charge < -0.3 is 5.32 Å². The van der Waals surface area contributed by atoms with Crippen LogP contribution in [0.3, 0.4) is 0 Å². The van der Waals surface area contributed by atoms with Crippen molar-refractivity contribution in [2.24, 2.45) is 0 Å². The third-order valence-electron chi connectivity index (χ3n) is 2.37. The maximum absolute atomic E-state index is 4.96. The highest BCUT2D eigenvalue weighted by Crippen LogP contribution is 2.22. The van der Waals surface area contributed by atoms with E-state index in [0.717, 1.165) is 9.09 Å². The fourth-order valence-electron chi connectivity index (χ4n) is 1.71. The molecule has 3 nitrogen and oxygen atoms in total. The first-order chi connectivity index (χ1) is 6.34. The third-order valence-corrected chi connectivity index (χ3v) is 3.39. The van der Waals surface area contributed by atoms with Crippen LogP contribution >= 0.6 is 23.6 Å². The number of hydrogen-bond donors (Lipinski definition) is 2. The lowest BCUT2D eigenvalue weighted by Gasteiger charge is -2.21. The fraction of sp³-hybridized carbons (Fsp3) is 0.750. The van der Waals surface area contributed by atoms with E-state index in [9.17, 15) is 0 Å². The van der Waals surface area contributed by atoms with Gasteiger partial charge in [0.15, 0.2) is 3.95 Å². The Labute approximate surface area is 86.6 Å². The Balaban J connectivity index is 1.93. The van der Waals surface area contributed by atoms with Crippen molar-refractivity contribution in [3.05, 3.63) is 3.95 Å². The standard InChI is InChI=1S/C8H13N3S2/c12-8-11-10-7(13-8)9-6-4-2-1-3-5-6/h6H,1-5H2,(H,9,10)(H,11,12). The van der Waals surface area contributed by atoms with Crippen molar-refractivity contribution in [2.75, 3.05) is 5.32 Å². The smallest absolute Gasteiger partial charge is 0.204 e. The third kappa shape index (κ3) is 2.51. The average Bonchev–Trinajstić information content (AvgIpc) is 2.53. The highest BCUT2D eigenvalue weighted by Gasteiger charge is 2.13. The molecule has 0 aliphatic heterocycles. The molecule has 0 bridgehead atoms. The van der Waals surface area contributed by atoms with Crippen LogP contribution in [0.2, 0.25) is 0 Å². The minimum absolute atomic E-state index is 0.614. The summed E-state index contributed by atoms with van der Waals surface area (Å²) in [5.74, 6) is 0. The Morgan fingerprint density at radius 2 is 2.15 bits per heavy atom. The maximum atomic E-state index is 4.96. The summed E-state index contributed by atoms with van der Waals surface area (Å²) in [4.78, 5) is 0. The van der Waals surface area contributed by atoms with Gasteiger partial charge in [-0.1, -0.05) is 30.6 Å². The van der Waals surface area contributed by atoms with Gasteiger partial charge in [-0.2, -0.15) is 0 Å². The topological polar surface area (TPSA) is 40.7 Å². The lowest BCUT2D eigenvalue weighted by atomic mass is 9.96. The lowest BCUT2D eigenvalue weighted by Crippen LogP contribution is -2.21. The second kappa shape index (κ2) is 4.19. The van der Waals surface area contributed by atoms with Crippen molar-refractivity contribution in [2.45, 2.75) is 38.1 Å². The van der Waals surface area contributed by atoms with E-state index in [-0.39, 0.29) is 0 Å².